The Bertz CT molecular complexity index is 406. The first-order valence-corrected chi connectivity index (χ1v) is 9.89. The van der Waals surface area contributed by atoms with E-state index < -0.39 is 0 Å². The lowest BCUT2D eigenvalue weighted by Gasteiger charge is -2.36. The van der Waals surface area contributed by atoms with Gasteiger partial charge < -0.3 is 21.7 Å². The van der Waals surface area contributed by atoms with Crippen LogP contribution in [-0.2, 0) is 9.59 Å². The average molecular weight is 355 g/mol. The SMILES string of the molecule is CCCC(C(N)=O)C(CC(C)C)C(=O)N1CCC(CNCCN)CC1. The van der Waals surface area contributed by atoms with E-state index in [2.05, 4.69) is 19.2 Å². The first-order chi connectivity index (χ1) is 11.9. The van der Waals surface area contributed by atoms with Crippen molar-refractivity contribution in [3.8, 4) is 0 Å². The molecule has 2 amide bonds. The quantitative estimate of drug-likeness (QED) is 0.487. The Morgan fingerprint density at radius 1 is 1.20 bits per heavy atom. The highest BCUT2D eigenvalue weighted by atomic mass is 16.2. The monoisotopic (exact) mass is 354 g/mol. The molecular weight excluding hydrogens is 316 g/mol. The molecule has 0 aromatic carbocycles. The number of nitrogens with two attached hydrogens (primary N) is 2. The van der Waals surface area contributed by atoms with Crippen LogP contribution in [0.25, 0.3) is 0 Å². The third-order valence-electron chi connectivity index (χ3n) is 5.17. The Labute approximate surface area is 153 Å². The molecule has 146 valence electrons. The fraction of sp³-hybridized carbons (Fsp3) is 0.895. The van der Waals surface area contributed by atoms with Gasteiger partial charge in [-0.05, 0) is 44.1 Å². The summed E-state index contributed by atoms with van der Waals surface area (Å²) in [6.07, 6.45) is 4.30. The van der Waals surface area contributed by atoms with Gasteiger partial charge in [0.25, 0.3) is 0 Å². The van der Waals surface area contributed by atoms with Crippen molar-refractivity contribution in [1.82, 2.24) is 10.2 Å². The first-order valence-electron chi connectivity index (χ1n) is 9.89. The summed E-state index contributed by atoms with van der Waals surface area (Å²) in [5.41, 5.74) is 11.1. The summed E-state index contributed by atoms with van der Waals surface area (Å²) in [5, 5.41) is 3.36. The molecule has 1 heterocycles. The number of nitrogens with zero attached hydrogens (tertiary/aromatic N) is 1. The molecule has 6 heteroatoms. The van der Waals surface area contributed by atoms with Crippen molar-refractivity contribution in [3.63, 3.8) is 0 Å². The van der Waals surface area contributed by atoms with Gasteiger partial charge in [0, 0.05) is 38.0 Å². The second kappa shape index (κ2) is 11.5. The van der Waals surface area contributed by atoms with E-state index in [0.717, 1.165) is 51.9 Å². The minimum absolute atomic E-state index is 0.124. The third kappa shape index (κ3) is 7.32. The van der Waals surface area contributed by atoms with Crippen molar-refractivity contribution in [2.24, 2.45) is 35.1 Å². The highest BCUT2D eigenvalue weighted by molar-refractivity contribution is 5.87. The molecule has 5 N–H and O–H groups in total. The molecule has 2 unspecified atom stereocenters. The van der Waals surface area contributed by atoms with Crippen molar-refractivity contribution in [3.05, 3.63) is 0 Å². The number of primary amides is 1. The van der Waals surface area contributed by atoms with Crippen molar-refractivity contribution in [2.45, 2.75) is 52.9 Å². The van der Waals surface area contributed by atoms with E-state index in [-0.39, 0.29) is 23.7 Å². The molecule has 0 spiro atoms. The number of nitrogens with one attached hydrogen (secondary N) is 1. The molecule has 0 bridgehead atoms. The van der Waals surface area contributed by atoms with Crippen LogP contribution in [0.1, 0.15) is 52.9 Å². The summed E-state index contributed by atoms with van der Waals surface area (Å²) in [7, 11) is 0. The van der Waals surface area contributed by atoms with Crippen LogP contribution in [-0.4, -0.2) is 49.4 Å². The molecule has 1 fully saturated rings. The highest BCUT2D eigenvalue weighted by Crippen LogP contribution is 2.28. The lowest BCUT2D eigenvalue weighted by Crippen LogP contribution is -2.47. The standard InChI is InChI=1S/C19H38N4O2/c1-4-5-16(18(21)24)17(12-14(2)3)19(25)23-10-6-15(7-11-23)13-22-9-8-20/h14-17,22H,4-13,20H2,1-3H3,(H2,21,24). The second-order valence-corrected chi connectivity index (χ2v) is 7.80. The number of carbonyl (C=O) groups excluding carboxylic acids is 2. The maximum absolute atomic E-state index is 13.1. The molecular formula is C19H38N4O2. The summed E-state index contributed by atoms with van der Waals surface area (Å²) in [6, 6.07) is 0. The van der Waals surface area contributed by atoms with Gasteiger partial charge >= 0.3 is 0 Å². The van der Waals surface area contributed by atoms with Crippen LogP contribution in [0, 0.1) is 23.7 Å². The molecule has 0 aromatic rings. The number of rotatable bonds is 11. The maximum Gasteiger partial charge on any atom is 0.226 e. The number of amides is 2. The molecule has 1 aliphatic rings. The number of hydrogen-bond donors (Lipinski definition) is 3. The predicted molar refractivity (Wildman–Crippen MR) is 102 cm³/mol. The Morgan fingerprint density at radius 2 is 1.84 bits per heavy atom. The summed E-state index contributed by atoms with van der Waals surface area (Å²) >= 11 is 0. The van der Waals surface area contributed by atoms with Crippen LogP contribution in [0.2, 0.25) is 0 Å². The Hall–Kier alpha value is -1.14. The molecule has 2 atom stereocenters. The molecule has 1 aliphatic heterocycles. The van der Waals surface area contributed by atoms with Crippen LogP contribution >= 0.6 is 0 Å². The Balaban J connectivity index is 2.67. The van der Waals surface area contributed by atoms with Gasteiger partial charge in [-0.25, -0.2) is 0 Å². The molecule has 1 rings (SSSR count). The van der Waals surface area contributed by atoms with E-state index in [4.69, 9.17) is 11.5 Å². The van der Waals surface area contributed by atoms with Crippen LogP contribution in [0.15, 0.2) is 0 Å². The van der Waals surface area contributed by atoms with Gasteiger partial charge in [-0.15, -0.1) is 0 Å². The number of piperidine rings is 1. The Kier molecular flexibility index (Phi) is 10.0. The van der Waals surface area contributed by atoms with Gasteiger partial charge in [0.15, 0.2) is 0 Å². The zero-order chi connectivity index (χ0) is 18.8. The lowest BCUT2D eigenvalue weighted by atomic mass is 9.80. The van der Waals surface area contributed by atoms with Gasteiger partial charge in [0.1, 0.15) is 0 Å². The van der Waals surface area contributed by atoms with Crippen molar-refractivity contribution < 1.29 is 9.59 Å². The van der Waals surface area contributed by atoms with Crippen LogP contribution in [0.5, 0.6) is 0 Å². The van der Waals surface area contributed by atoms with E-state index in [1.54, 1.807) is 0 Å². The van der Waals surface area contributed by atoms with Crippen LogP contribution < -0.4 is 16.8 Å². The van der Waals surface area contributed by atoms with E-state index >= 15 is 0 Å². The molecule has 25 heavy (non-hydrogen) atoms. The molecule has 1 saturated heterocycles. The minimum atomic E-state index is -0.344. The summed E-state index contributed by atoms with van der Waals surface area (Å²) < 4.78 is 0. The summed E-state index contributed by atoms with van der Waals surface area (Å²) in [6.45, 7) is 10.2. The summed E-state index contributed by atoms with van der Waals surface area (Å²) in [5.74, 6) is 0.140. The zero-order valence-electron chi connectivity index (χ0n) is 16.3. The lowest BCUT2D eigenvalue weighted by molar-refractivity contribution is -0.143. The fourth-order valence-corrected chi connectivity index (χ4v) is 3.80. The van der Waals surface area contributed by atoms with Gasteiger partial charge in [-0.3, -0.25) is 9.59 Å². The van der Waals surface area contributed by atoms with Crippen LogP contribution in [0.4, 0.5) is 0 Å². The van der Waals surface area contributed by atoms with Crippen molar-refractivity contribution in [1.29, 1.82) is 0 Å². The fourth-order valence-electron chi connectivity index (χ4n) is 3.80. The molecule has 6 nitrogen and oxygen atoms in total. The highest BCUT2D eigenvalue weighted by Gasteiger charge is 2.36. The first kappa shape index (κ1) is 21.9. The van der Waals surface area contributed by atoms with Crippen molar-refractivity contribution in [2.75, 3.05) is 32.7 Å². The van der Waals surface area contributed by atoms with E-state index in [1.807, 2.05) is 11.8 Å². The molecule has 0 saturated carbocycles. The van der Waals surface area contributed by atoms with E-state index in [0.29, 0.717) is 24.8 Å². The normalized spacial score (nSPS) is 18.4. The molecule has 0 aromatic heterocycles. The minimum Gasteiger partial charge on any atom is -0.369 e. The molecule has 0 radical (unpaired) electrons. The number of likely N-dealkylation sites (tertiary alicyclic amines) is 1. The second-order valence-electron chi connectivity index (χ2n) is 7.80. The predicted octanol–water partition coefficient (Wildman–Crippen LogP) is 1.34. The van der Waals surface area contributed by atoms with Gasteiger partial charge in [0.05, 0.1) is 0 Å². The van der Waals surface area contributed by atoms with Crippen molar-refractivity contribution >= 4 is 11.8 Å². The van der Waals surface area contributed by atoms with Gasteiger partial charge in [-0.1, -0.05) is 27.2 Å². The molecule has 0 aliphatic carbocycles. The topological polar surface area (TPSA) is 101 Å². The summed E-state index contributed by atoms with van der Waals surface area (Å²) in [4.78, 5) is 27.0. The van der Waals surface area contributed by atoms with Crippen LogP contribution in [0.3, 0.4) is 0 Å². The number of hydrogen-bond acceptors (Lipinski definition) is 4. The van der Waals surface area contributed by atoms with Gasteiger partial charge in [0.2, 0.25) is 11.8 Å². The zero-order valence-corrected chi connectivity index (χ0v) is 16.3. The average Bonchev–Trinajstić information content (AvgIpc) is 2.58. The Morgan fingerprint density at radius 3 is 2.32 bits per heavy atom. The number of carbonyl (C=O) groups is 2. The maximum atomic E-state index is 13.1. The third-order valence-corrected chi connectivity index (χ3v) is 5.17. The van der Waals surface area contributed by atoms with E-state index in [9.17, 15) is 9.59 Å². The largest absolute Gasteiger partial charge is 0.369 e. The van der Waals surface area contributed by atoms with E-state index in [1.165, 1.54) is 0 Å². The van der Waals surface area contributed by atoms with Gasteiger partial charge in [-0.2, -0.15) is 0 Å². The smallest absolute Gasteiger partial charge is 0.226 e.